The Morgan fingerprint density at radius 1 is 1.09 bits per heavy atom. The van der Waals surface area contributed by atoms with E-state index in [2.05, 4.69) is 20.8 Å². The van der Waals surface area contributed by atoms with E-state index in [0.717, 1.165) is 24.1 Å². The third-order valence-electron chi connectivity index (χ3n) is 5.98. The van der Waals surface area contributed by atoms with Crippen molar-refractivity contribution >= 4 is 17.4 Å². The van der Waals surface area contributed by atoms with E-state index in [1.54, 1.807) is 36.3 Å². The zero-order valence-corrected chi connectivity index (χ0v) is 20.4. The normalized spacial score (nSPS) is 18.3. The fourth-order valence-electron chi connectivity index (χ4n) is 4.11. The van der Waals surface area contributed by atoms with Gasteiger partial charge in [-0.05, 0) is 55.7 Å². The predicted octanol–water partition coefficient (Wildman–Crippen LogP) is 4.37. The van der Waals surface area contributed by atoms with Gasteiger partial charge < -0.3 is 19.6 Å². The first-order valence-electron chi connectivity index (χ1n) is 11.2. The minimum Gasteiger partial charge on any atom is -0.507 e. The molecular weight excluding hydrogens is 416 g/mol. The third-order valence-corrected chi connectivity index (χ3v) is 5.98. The largest absolute Gasteiger partial charge is 0.507 e. The number of aliphatic hydroxyl groups excluding tert-OH is 1. The average Bonchev–Trinajstić information content (AvgIpc) is 3.03. The Kier molecular flexibility index (Phi) is 7.28. The van der Waals surface area contributed by atoms with Crippen molar-refractivity contribution in [2.24, 2.45) is 0 Å². The van der Waals surface area contributed by atoms with Crippen LogP contribution in [0.2, 0.25) is 0 Å². The van der Waals surface area contributed by atoms with Crippen LogP contribution in [0.3, 0.4) is 0 Å². The third kappa shape index (κ3) is 5.28. The number of carbonyl (C=O) groups excluding carboxylic acids is 2. The molecular formula is C27H34N2O4. The van der Waals surface area contributed by atoms with Gasteiger partial charge >= 0.3 is 0 Å². The summed E-state index contributed by atoms with van der Waals surface area (Å²) >= 11 is 0. The number of nitrogens with zero attached hydrogens (tertiary/aromatic N) is 2. The second kappa shape index (κ2) is 9.79. The van der Waals surface area contributed by atoms with Gasteiger partial charge in [0.05, 0.1) is 18.7 Å². The van der Waals surface area contributed by atoms with E-state index in [1.807, 2.05) is 43.3 Å². The molecule has 176 valence electrons. The quantitative estimate of drug-likeness (QED) is 0.385. The molecule has 1 N–H and O–H groups in total. The van der Waals surface area contributed by atoms with E-state index in [0.29, 0.717) is 17.9 Å². The van der Waals surface area contributed by atoms with Gasteiger partial charge in [-0.1, -0.05) is 57.2 Å². The topological polar surface area (TPSA) is 70.1 Å². The lowest BCUT2D eigenvalue weighted by atomic mass is 9.85. The van der Waals surface area contributed by atoms with Gasteiger partial charge in [-0.3, -0.25) is 9.59 Å². The van der Waals surface area contributed by atoms with Crippen molar-refractivity contribution in [2.45, 2.75) is 38.6 Å². The summed E-state index contributed by atoms with van der Waals surface area (Å²) in [6, 6.07) is 14.2. The first-order chi connectivity index (χ1) is 15.5. The molecule has 0 bridgehead atoms. The number of ether oxygens (including phenoxy) is 1. The van der Waals surface area contributed by atoms with Crippen LogP contribution in [-0.2, 0) is 15.0 Å². The monoisotopic (exact) mass is 450 g/mol. The number of aliphatic hydroxyl groups is 1. The summed E-state index contributed by atoms with van der Waals surface area (Å²) in [7, 11) is 5.48. The summed E-state index contributed by atoms with van der Waals surface area (Å²) in [5, 5.41) is 11.2. The van der Waals surface area contributed by atoms with Crippen LogP contribution in [0.5, 0.6) is 5.75 Å². The maximum absolute atomic E-state index is 13.1. The summed E-state index contributed by atoms with van der Waals surface area (Å²) in [5.74, 6) is -0.870. The van der Waals surface area contributed by atoms with Crippen LogP contribution in [0.1, 0.15) is 49.9 Å². The Balaban J connectivity index is 2.11. The molecule has 0 unspecified atom stereocenters. The number of ketones is 1. The molecule has 33 heavy (non-hydrogen) atoms. The Labute approximate surface area is 196 Å². The van der Waals surface area contributed by atoms with Crippen molar-refractivity contribution in [1.29, 1.82) is 0 Å². The van der Waals surface area contributed by atoms with Crippen molar-refractivity contribution in [3.05, 3.63) is 70.8 Å². The molecule has 1 heterocycles. The zero-order valence-electron chi connectivity index (χ0n) is 20.4. The number of likely N-dealkylation sites (tertiary alicyclic amines) is 1. The van der Waals surface area contributed by atoms with Crippen LogP contribution in [0.4, 0.5) is 0 Å². The molecule has 1 saturated heterocycles. The van der Waals surface area contributed by atoms with Crippen molar-refractivity contribution in [3.8, 4) is 5.75 Å². The molecule has 1 amide bonds. The molecule has 6 heteroatoms. The molecule has 1 aliphatic rings. The number of Topliss-reactive ketones (excluding diaryl/α,β-unsaturated/α-hetero) is 1. The van der Waals surface area contributed by atoms with Gasteiger partial charge in [0, 0.05) is 12.1 Å². The molecule has 6 nitrogen and oxygen atoms in total. The van der Waals surface area contributed by atoms with Crippen LogP contribution < -0.4 is 4.74 Å². The summed E-state index contributed by atoms with van der Waals surface area (Å²) in [4.78, 5) is 29.8. The molecule has 1 fully saturated rings. The summed E-state index contributed by atoms with van der Waals surface area (Å²) in [5.41, 5.74) is 2.49. The lowest BCUT2D eigenvalue weighted by Crippen LogP contribution is -2.32. The number of hydrogen-bond acceptors (Lipinski definition) is 5. The van der Waals surface area contributed by atoms with Crippen molar-refractivity contribution < 1.29 is 19.4 Å². The van der Waals surface area contributed by atoms with Crippen LogP contribution in [0.25, 0.3) is 5.76 Å². The molecule has 0 aliphatic carbocycles. The fourth-order valence-corrected chi connectivity index (χ4v) is 4.11. The molecule has 0 radical (unpaired) electrons. The predicted molar refractivity (Wildman–Crippen MR) is 130 cm³/mol. The number of hydrogen-bond donors (Lipinski definition) is 1. The van der Waals surface area contributed by atoms with Gasteiger partial charge in [0.15, 0.2) is 0 Å². The lowest BCUT2D eigenvalue weighted by Gasteiger charge is -2.27. The molecule has 1 atom stereocenters. The second-order valence-corrected chi connectivity index (χ2v) is 9.75. The van der Waals surface area contributed by atoms with Crippen molar-refractivity contribution in [2.75, 3.05) is 34.3 Å². The molecule has 1 aliphatic heterocycles. The van der Waals surface area contributed by atoms with Gasteiger partial charge in [0.1, 0.15) is 11.5 Å². The standard InChI is InChI=1S/C27H34N2O4/c1-27(2,3)20-13-11-18(12-14-20)23-22(24(30)19-9-7-10-21(17-19)33-6)25(31)26(32)29(23)16-8-15-28(4)5/h7,9-14,17,23,30H,8,15-16H2,1-6H3/t23-/m0/s1. The van der Waals surface area contributed by atoms with Crippen LogP contribution >= 0.6 is 0 Å². The van der Waals surface area contributed by atoms with Crippen molar-refractivity contribution in [1.82, 2.24) is 9.80 Å². The van der Waals surface area contributed by atoms with E-state index in [4.69, 9.17) is 4.74 Å². The highest BCUT2D eigenvalue weighted by molar-refractivity contribution is 6.46. The van der Waals surface area contributed by atoms with Crippen LogP contribution in [-0.4, -0.2) is 60.9 Å². The molecule has 0 aromatic heterocycles. The SMILES string of the molecule is COc1cccc(C(O)=C2C(=O)C(=O)N(CCCN(C)C)[C@H]2c2ccc(C(C)(C)C)cc2)c1. The van der Waals surface area contributed by atoms with Gasteiger partial charge in [-0.25, -0.2) is 0 Å². The summed E-state index contributed by atoms with van der Waals surface area (Å²) in [6.07, 6.45) is 0.718. The number of amides is 1. The smallest absolute Gasteiger partial charge is 0.295 e. The Morgan fingerprint density at radius 2 is 1.76 bits per heavy atom. The van der Waals surface area contributed by atoms with Gasteiger partial charge in [-0.15, -0.1) is 0 Å². The molecule has 2 aromatic rings. The van der Waals surface area contributed by atoms with Crippen LogP contribution in [0, 0.1) is 0 Å². The van der Waals surface area contributed by atoms with Crippen molar-refractivity contribution in [3.63, 3.8) is 0 Å². The van der Waals surface area contributed by atoms with E-state index in [-0.39, 0.29) is 16.7 Å². The maximum atomic E-state index is 13.1. The minimum absolute atomic E-state index is 0.0212. The number of methoxy groups -OCH3 is 1. The van der Waals surface area contributed by atoms with E-state index >= 15 is 0 Å². The van der Waals surface area contributed by atoms with E-state index in [9.17, 15) is 14.7 Å². The first-order valence-corrected chi connectivity index (χ1v) is 11.2. The summed E-state index contributed by atoms with van der Waals surface area (Å²) < 4.78 is 5.27. The Morgan fingerprint density at radius 3 is 2.33 bits per heavy atom. The summed E-state index contributed by atoms with van der Waals surface area (Å²) in [6.45, 7) is 7.62. The molecule has 0 spiro atoms. The Hall–Kier alpha value is -3.12. The Bertz CT molecular complexity index is 1050. The zero-order chi connectivity index (χ0) is 24.3. The van der Waals surface area contributed by atoms with E-state index < -0.39 is 17.7 Å². The lowest BCUT2D eigenvalue weighted by molar-refractivity contribution is -0.139. The maximum Gasteiger partial charge on any atom is 0.295 e. The molecule has 2 aromatic carbocycles. The molecule has 0 saturated carbocycles. The highest BCUT2D eigenvalue weighted by Crippen LogP contribution is 2.40. The van der Waals surface area contributed by atoms with E-state index in [1.165, 1.54) is 0 Å². The number of rotatable bonds is 7. The second-order valence-electron chi connectivity index (χ2n) is 9.75. The minimum atomic E-state index is -0.662. The molecule has 3 rings (SSSR count). The number of benzene rings is 2. The highest BCUT2D eigenvalue weighted by Gasteiger charge is 2.45. The first kappa shape index (κ1) is 24.5. The van der Waals surface area contributed by atoms with Crippen LogP contribution in [0.15, 0.2) is 54.1 Å². The van der Waals surface area contributed by atoms with Gasteiger partial charge in [0.2, 0.25) is 0 Å². The van der Waals surface area contributed by atoms with Gasteiger partial charge in [-0.2, -0.15) is 0 Å². The fraction of sp³-hybridized carbons (Fsp3) is 0.407. The number of carbonyl (C=O) groups is 2. The average molecular weight is 451 g/mol. The highest BCUT2D eigenvalue weighted by atomic mass is 16.5. The van der Waals surface area contributed by atoms with Gasteiger partial charge in [0.25, 0.3) is 11.7 Å².